The van der Waals surface area contributed by atoms with Gasteiger partial charge in [0.1, 0.15) is 0 Å². The highest BCUT2D eigenvalue weighted by molar-refractivity contribution is 7.89. The molecule has 6 heteroatoms. The monoisotopic (exact) mass is 372 g/mol. The number of benzene rings is 2. The Morgan fingerprint density at radius 1 is 1.19 bits per heavy atom. The topological polar surface area (TPSA) is 66.5 Å². The van der Waals surface area contributed by atoms with Crippen LogP contribution in [-0.2, 0) is 27.8 Å². The molecule has 0 radical (unpaired) electrons. The molecule has 0 unspecified atom stereocenters. The first kappa shape index (κ1) is 18.6. The summed E-state index contributed by atoms with van der Waals surface area (Å²) >= 11 is 0. The van der Waals surface area contributed by atoms with Crippen LogP contribution >= 0.6 is 0 Å². The van der Waals surface area contributed by atoms with Gasteiger partial charge in [0.15, 0.2) is 0 Å². The van der Waals surface area contributed by atoms with Crippen LogP contribution in [0, 0.1) is 6.92 Å². The van der Waals surface area contributed by atoms with E-state index < -0.39 is 10.0 Å². The van der Waals surface area contributed by atoms with Crippen molar-refractivity contribution in [3.63, 3.8) is 0 Å². The van der Waals surface area contributed by atoms with Gasteiger partial charge in [-0.1, -0.05) is 36.8 Å². The van der Waals surface area contributed by atoms with Crippen molar-refractivity contribution in [2.75, 3.05) is 4.90 Å². The fourth-order valence-electron chi connectivity index (χ4n) is 3.29. The van der Waals surface area contributed by atoms with E-state index in [-0.39, 0.29) is 23.4 Å². The van der Waals surface area contributed by atoms with Crippen LogP contribution in [0.15, 0.2) is 47.4 Å². The van der Waals surface area contributed by atoms with Crippen molar-refractivity contribution in [2.24, 2.45) is 0 Å². The molecule has 5 nitrogen and oxygen atoms in total. The van der Waals surface area contributed by atoms with Gasteiger partial charge in [-0.3, -0.25) is 4.79 Å². The molecule has 0 spiro atoms. The van der Waals surface area contributed by atoms with Crippen LogP contribution < -0.4 is 9.62 Å². The molecule has 0 bridgehead atoms. The van der Waals surface area contributed by atoms with E-state index in [9.17, 15) is 13.2 Å². The SMILES string of the molecule is CCC(=O)N1c2ccc(S(=O)(=O)NCc3ccc(C)cc3)cc2C[C@H]1C. The van der Waals surface area contributed by atoms with Gasteiger partial charge in [0.2, 0.25) is 15.9 Å². The van der Waals surface area contributed by atoms with Crippen LogP contribution in [0.25, 0.3) is 0 Å². The average molecular weight is 372 g/mol. The van der Waals surface area contributed by atoms with Gasteiger partial charge in [-0.05, 0) is 49.6 Å². The molecule has 138 valence electrons. The largest absolute Gasteiger partial charge is 0.309 e. The molecule has 1 atom stereocenters. The lowest BCUT2D eigenvalue weighted by atomic mass is 10.1. The van der Waals surface area contributed by atoms with Gasteiger partial charge in [-0.2, -0.15) is 0 Å². The number of carbonyl (C=O) groups is 1. The molecule has 0 fully saturated rings. The van der Waals surface area contributed by atoms with E-state index in [1.165, 1.54) is 0 Å². The van der Waals surface area contributed by atoms with Gasteiger partial charge in [-0.15, -0.1) is 0 Å². The number of sulfonamides is 1. The summed E-state index contributed by atoms with van der Waals surface area (Å²) in [5.74, 6) is 0.0596. The third kappa shape index (κ3) is 3.66. The third-order valence-corrected chi connectivity index (χ3v) is 6.13. The molecule has 1 amide bonds. The standard InChI is InChI=1S/C20H24N2O3S/c1-4-20(23)22-15(3)11-17-12-18(9-10-19(17)22)26(24,25)21-13-16-7-5-14(2)6-8-16/h5-10,12,15,21H,4,11,13H2,1-3H3/t15-/m1/s1. The molecule has 0 aromatic heterocycles. The van der Waals surface area contributed by atoms with E-state index in [4.69, 9.17) is 0 Å². The summed E-state index contributed by atoms with van der Waals surface area (Å²) in [5, 5.41) is 0. The number of hydrogen-bond acceptors (Lipinski definition) is 3. The van der Waals surface area contributed by atoms with Crippen molar-refractivity contribution in [2.45, 2.75) is 51.1 Å². The summed E-state index contributed by atoms with van der Waals surface area (Å²) in [7, 11) is -3.60. The molecule has 1 heterocycles. The second-order valence-corrected chi connectivity index (χ2v) is 8.54. The Labute approximate surface area is 155 Å². The lowest BCUT2D eigenvalue weighted by Gasteiger charge is -2.22. The van der Waals surface area contributed by atoms with Crippen molar-refractivity contribution >= 4 is 21.6 Å². The summed E-state index contributed by atoms with van der Waals surface area (Å²) in [6, 6.07) is 12.8. The van der Waals surface area contributed by atoms with Crippen LogP contribution in [0.3, 0.4) is 0 Å². The van der Waals surface area contributed by atoms with E-state index in [1.807, 2.05) is 45.0 Å². The molecule has 1 aliphatic rings. The van der Waals surface area contributed by atoms with E-state index in [2.05, 4.69) is 4.72 Å². The first-order valence-electron chi connectivity index (χ1n) is 8.82. The van der Waals surface area contributed by atoms with Gasteiger partial charge < -0.3 is 4.90 Å². The Hall–Kier alpha value is -2.18. The maximum Gasteiger partial charge on any atom is 0.240 e. The number of fused-ring (bicyclic) bond motifs is 1. The minimum atomic E-state index is -3.60. The summed E-state index contributed by atoms with van der Waals surface area (Å²) in [6.07, 6.45) is 1.10. The Bertz CT molecular complexity index is 921. The summed E-state index contributed by atoms with van der Waals surface area (Å²) in [6.45, 7) is 6.06. The first-order valence-corrected chi connectivity index (χ1v) is 10.3. The number of rotatable bonds is 5. The lowest BCUT2D eigenvalue weighted by Crippen LogP contribution is -2.35. The molecule has 2 aromatic carbocycles. The Morgan fingerprint density at radius 2 is 1.88 bits per heavy atom. The van der Waals surface area contributed by atoms with Crippen LogP contribution in [0.2, 0.25) is 0 Å². The molecule has 2 aromatic rings. The molecule has 0 saturated carbocycles. The molecule has 1 aliphatic heterocycles. The van der Waals surface area contributed by atoms with Crippen LogP contribution in [0.4, 0.5) is 5.69 Å². The van der Waals surface area contributed by atoms with Crippen molar-refractivity contribution in [1.29, 1.82) is 0 Å². The second kappa shape index (κ2) is 7.21. The molecular formula is C20H24N2O3S. The van der Waals surface area contributed by atoms with Gasteiger partial charge in [0.05, 0.1) is 4.90 Å². The van der Waals surface area contributed by atoms with Crippen LogP contribution in [-0.4, -0.2) is 20.4 Å². The number of hydrogen-bond donors (Lipinski definition) is 1. The maximum absolute atomic E-state index is 12.6. The van der Waals surface area contributed by atoms with Crippen molar-refractivity contribution in [3.05, 3.63) is 59.2 Å². The fourth-order valence-corrected chi connectivity index (χ4v) is 4.36. The highest BCUT2D eigenvalue weighted by atomic mass is 32.2. The molecular weight excluding hydrogens is 348 g/mol. The molecule has 0 saturated heterocycles. The molecule has 3 rings (SSSR count). The van der Waals surface area contributed by atoms with Crippen molar-refractivity contribution < 1.29 is 13.2 Å². The molecule has 26 heavy (non-hydrogen) atoms. The van der Waals surface area contributed by atoms with Gasteiger partial charge in [-0.25, -0.2) is 13.1 Å². The number of amides is 1. The fraction of sp³-hybridized carbons (Fsp3) is 0.350. The maximum atomic E-state index is 12.6. The first-order chi connectivity index (χ1) is 12.3. The zero-order valence-electron chi connectivity index (χ0n) is 15.3. The van der Waals surface area contributed by atoms with Crippen LogP contribution in [0.1, 0.15) is 37.0 Å². The predicted octanol–water partition coefficient (Wildman–Crippen LogP) is 3.16. The third-order valence-electron chi connectivity index (χ3n) is 4.73. The van der Waals surface area contributed by atoms with E-state index in [0.717, 1.165) is 22.4 Å². The quantitative estimate of drug-likeness (QED) is 0.877. The summed E-state index contributed by atoms with van der Waals surface area (Å²) in [4.78, 5) is 14.2. The number of nitrogens with zero attached hydrogens (tertiary/aromatic N) is 1. The zero-order chi connectivity index (χ0) is 18.9. The van der Waals surface area contributed by atoms with E-state index >= 15 is 0 Å². The smallest absolute Gasteiger partial charge is 0.240 e. The highest BCUT2D eigenvalue weighted by Crippen LogP contribution is 2.34. The Morgan fingerprint density at radius 3 is 2.54 bits per heavy atom. The molecule has 0 aliphatic carbocycles. The minimum absolute atomic E-state index is 0.0518. The predicted molar refractivity (Wildman–Crippen MR) is 103 cm³/mol. The number of carbonyl (C=O) groups excluding carboxylic acids is 1. The van der Waals surface area contributed by atoms with E-state index in [0.29, 0.717) is 12.8 Å². The number of aryl methyl sites for hydroxylation is 1. The molecule has 1 N–H and O–H groups in total. The van der Waals surface area contributed by atoms with E-state index in [1.54, 1.807) is 23.1 Å². The zero-order valence-corrected chi connectivity index (χ0v) is 16.1. The highest BCUT2D eigenvalue weighted by Gasteiger charge is 2.31. The summed E-state index contributed by atoms with van der Waals surface area (Å²) < 4.78 is 27.9. The van der Waals surface area contributed by atoms with Gasteiger partial charge in [0, 0.05) is 24.7 Å². The average Bonchev–Trinajstić information content (AvgIpc) is 2.95. The second-order valence-electron chi connectivity index (χ2n) is 6.77. The summed E-state index contributed by atoms with van der Waals surface area (Å²) in [5.41, 5.74) is 3.77. The number of nitrogens with one attached hydrogen (secondary N) is 1. The lowest BCUT2D eigenvalue weighted by molar-refractivity contribution is -0.118. The number of anilines is 1. The Kier molecular flexibility index (Phi) is 5.16. The van der Waals surface area contributed by atoms with Gasteiger partial charge >= 0.3 is 0 Å². The Balaban J connectivity index is 1.80. The van der Waals surface area contributed by atoms with Crippen molar-refractivity contribution in [1.82, 2.24) is 4.72 Å². The van der Waals surface area contributed by atoms with Crippen molar-refractivity contribution in [3.8, 4) is 0 Å². The minimum Gasteiger partial charge on any atom is -0.309 e. The van der Waals surface area contributed by atoms with Gasteiger partial charge in [0.25, 0.3) is 0 Å². The van der Waals surface area contributed by atoms with Crippen LogP contribution in [0.5, 0.6) is 0 Å². The normalized spacial score (nSPS) is 16.6.